The lowest BCUT2D eigenvalue weighted by atomic mass is 10.1. The van der Waals surface area contributed by atoms with E-state index in [1.807, 2.05) is 6.07 Å². The molecule has 0 spiro atoms. The lowest BCUT2D eigenvalue weighted by molar-refractivity contribution is 0.257. The highest BCUT2D eigenvalue weighted by Crippen LogP contribution is 2.21. The van der Waals surface area contributed by atoms with Gasteiger partial charge in [-0.3, -0.25) is 0 Å². The van der Waals surface area contributed by atoms with Crippen LogP contribution in [-0.4, -0.2) is 48.1 Å². The second kappa shape index (κ2) is 5.52. The molecular weight excluding hydrogens is 226 g/mol. The molecule has 2 rings (SSSR count). The third-order valence-corrected chi connectivity index (χ3v) is 3.55. The molecule has 18 heavy (non-hydrogen) atoms. The number of nitrogen functional groups attached to an aromatic ring is 1. The summed E-state index contributed by atoms with van der Waals surface area (Å²) in [5.74, 6) is 2.38. The monoisotopic (exact) mass is 249 g/mol. The normalized spacial score (nSPS) is 20.4. The number of rotatable bonds is 3. The van der Waals surface area contributed by atoms with Crippen LogP contribution in [0.4, 0.5) is 11.6 Å². The average molecular weight is 249 g/mol. The Morgan fingerprint density at radius 3 is 2.89 bits per heavy atom. The lowest BCUT2D eigenvalue weighted by Crippen LogP contribution is -2.45. The molecule has 5 nitrogen and oxygen atoms in total. The number of nitrogens with zero attached hydrogens (tertiary/aromatic N) is 4. The number of aryl methyl sites for hydroxylation is 1. The van der Waals surface area contributed by atoms with Crippen molar-refractivity contribution in [1.29, 1.82) is 0 Å². The van der Waals surface area contributed by atoms with Crippen LogP contribution in [0.25, 0.3) is 0 Å². The zero-order valence-electron chi connectivity index (χ0n) is 11.6. The van der Waals surface area contributed by atoms with Crippen LogP contribution < -0.4 is 10.6 Å². The van der Waals surface area contributed by atoms with Gasteiger partial charge in [-0.1, -0.05) is 6.92 Å². The molecule has 1 atom stereocenters. The minimum Gasteiger partial charge on any atom is -0.384 e. The first-order valence-corrected chi connectivity index (χ1v) is 6.65. The maximum Gasteiger partial charge on any atom is 0.134 e. The van der Waals surface area contributed by atoms with Crippen molar-refractivity contribution in [2.24, 2.45) is 0 Å². The number of hydrogen-bond acceptors (Lipinski definition) is 5. The van der Waals surface area contributed by atoms with E-state index < -0.39 is 0 Å². The molecule has 0 amide bonds. The standard InChI is InChI=1S/C13H23N5/c1-4-12-15-11(14)8-13(16-12)18-7-5-6-10(9-18)17(2)3/h8,10H,4-7,9H2,1-3H3,(H2,14,15,16). The fraction of sp³-hybridized carbons (Fsp3) is 0.692. The second-order valence-electron chi connectivity index (χ2n) is 5.13. The minimum atomic E-state index is 0.573. The molecule has 1 saturated heterocycles. The molecule has 1 aromatic heterocycles. The summed E-state index contributed by atoms with van der Waals surface area (Å²) in [7, 11) is 4.28. The van der Waals surface area contributed by atoms with E-state index in [-0.39, 0.29) is 0 Å². The third kappa shape index (κ3) is 2.90. The van der Waals surface area contributed by atoms with Crippen molar-refractivity contribution in [2.45, 2.75) is 32.2 Å². The maximum absolute atomic E-state index is 5.85. The lowest BCUT2D eigenvalue weighted by Gasteiger charge is -2.36. The molecule has 1 aliphatic rings. The fourth-order valence-electron chi connectivity index (χ4n) is 2.41. The number of aromatic nitrogens is 2. The van der Waals surface area contributed by atoms with Crippen LogP contribution in [0.3, 0.4) is 0 Å². The highest BCUT2D eigenvalue weighted by atomic mass is 15.2. The van der Waals surface area contributed by atoms with Crippen molar-refractivity contribution in [1.82, 2.24) is 14.9 Å². The van der Waals surface area contributed by atoms with Gasteiger partial charge in [-0.15, -0.1) is 0 Å². The smallest absolute Gasteiger partial charge is 0.134 e. The van der Waals surface area contributed by atoms with Crippen molar-refractivity contribution >= 4 is 11.6 Å². The molecule has 5 heteroatoms. The Bertz CT molecular complexity index is 404. The molecule has 2 N–H and O–H groups in total. The third-order valence-electron chi connectivity index (χ3n) is 3.55. The molecule has 1 aliphatic heterocycles. The van der Waals surface area contributed by atoms with Crippen LogP contribution in [0, 0.1) is 0 Å². The molecule has 2 heterocycles. The fourth-order valence-corrected chi connectivity index (χ4v) is 2.41. The first-order valence-electron chi connectivity index (χ1n) is 6.65. The SMILES string of the molecule is CCc1nc(N)cc(N2CCCC(N(C)C)C2)n1. The zero-order valence-corrected chi connectivity index (χ0v) is 11.6. The summed E-state index contributed by atoms with van der Waals surface area (Å²) < 4.78 is 0. The van der Waals surface area contributed by atoms with Gasteiger partial charge in [0, 0.05) is 31.6 Å². The number of anilines is 2. The molecule has 0 radical (unpaired) electrons. The van der Waals surface area contributed by atoms with Crippen molar-refractivity contribution < 1.29 is 0 Å². The zero-order chi connectivity index (χ0) is 13.1. The summed E-state index contributed by atoms with van der Waals surface area (Å²) in [5.41, 5.74) is 5.85. The predicted molar refractivity (Wildman–Crippen MR) is 74.7 cm³/mol. The highest BCUT2D eigenvalue weighted by Gasteiger charge is 2.22. The molecule has 0 bridgehead atoms. The van der Waals surface area contributed by atoms with Gasteiger partial charge in [-0.05, 0) is 26.9 Å². The Hall–Kier alpha value is -1.36. The summed E-state index contributed by atoms with van der Waals surface area (Å²) in [5, 5.41) is 0. The van der Waals surface area contributed by atoms with Gasteiger partial charge in [0.1, 0.15) is 17.5 Å². The molecular formula is C13H23N5. The quantitative estimate of drug-likeness (QED) is 0.871. The largest absolute Gasteiger partial charge is 0.384 e. The van der Waals surface area contributed by atoms with Crippen molar-refractivity contribution in [3.63, 3.8) is 0 Å². The molecule has 100 valence electrons. The molecule has 0 saturated carbocycles. The van der Waals surface area contributed by atoms with Crippen molar-refractivity contribution in [2.75, 3.05) is 37.8 Å². The van der Waals surface area contributed by atoms with Gasteiger partial charge in [0.2, 0.25) is 0 Å². The van der Waals surface area contributed by atoms with E-state index >= 15 is 0 Å². The van der Waals surface area contributed by atoms with Gasteiger partial charge in [0.25, 0.3) is 0 Å². The van der Waals surface area contributed by atoms with Crippen LogP contribution in [0.15, 0.2) is 6.07 Å². The maximum atomic E-state index is 5.85. The molecule has 1 fully saturated rings. The van der Waals surface area contributed by atoms with Gasteiger partial charge < -0.3 is 15.5 Å². The van der Waals surface area contributed by atoms with E-state index in [4.69, 9.17) is 5.73 Å². The number of hydrogen-bond donors (Lipinski definition) is 1. The van der Waals surface area contributed by atoms with Crippen LogP contribution in [0.5, 0.6) is 0 Å². The molecule has 1 unspecified atom stereocenters. The topological polar surface area (TPSA) is 58.3 Å². The van der Waals surface area contributed by atoms with Crippen LogP contribution >= 0.6 is 0 Å². The second-order valence-corrected chi connectivity index (χ2v) is 5.13. The Morgan fingerprint density at radius 2 is 2.22 bits per heavy atom. The van der Waals surface area contributed by atoms with Crippen LogP contribution in [-0.2, 0) is 6.42 Å². The Balaban J connectivity index is 2.17. The molecule has 1 aromatic rings. The van der Waals surface area contributed by atoms with Crippen LogP contribution in [0.1, 0.15) is 25.6 Å². The average Bonchev–Trinajstić information content (AvgIpc) is 2.38. The first kappa shape index (κ1) is 13.1. The van der Waals surface area contributed by atoms with Gasteiger partial charge in [-0.2, -0.15) is 0 Å². The summed E-state index contributed by atoms with van der Waals surface area (Å²) >= 11 is 0. The first-order chi connectivity index (χ1) is 8.60. The number of piperidine rings is 1. The Morgan fingerprint density at radius 1 is 1.44 bits per heavy atom. The predicted octanol–water partition coefficient (Wildman–Crippen LogP) is 1.15. The van der Waals surface area contributed by atoms with Crippen molar-refractivity contribution in [3.05, 3.63) is 11.9 Å². The Kier molecular flexibility index (Phi) is 4.01. The van der Waals surface area contributed by atoms with Gasteiger partial charge >= 0.3 is 0 Å². The highest BCUT2D eigenvalue weighted by molar-refractivity contribution is 5.47. The Labute approximate surface area is 109 Å². The van der Waals surface area contributed by atoms with Gasteiger partial charge in [0.15, 0.2) is 0 Å². The van der Waals surface area contributed by atoms with E-state index in [2.05, 4.69) is 40.8 Å². The van der Waals surface area contributed by atoms with Crippen molar-refractivity contribution in [3.8, 4) is 0 Å². The van der Waals surface area contributed by atoms with E-state index in [0.29, 0.717) is 11.9 Å². The molecule has 0 aromatic carbocycles. The summed E-state index contributed by atoms with van der Waals surface area (Å²) in [4.78, 5) is 13.4. The number of likely N-dealkylation sites (N-methyl/N-ethyl adjacent to an activating group) is 1. The van der Waals surface area contributed by atoms with Crippen LogP contribution in [0.2, 0.25) is 0 Å². The van der Waals surface area contributed by atoms with E-state index in [0.717, 1.165) is 31.2 Å². The summed E-state index contributed by atoms with van der Waals surface area (Å²) in [6.45, 7) is 4.13. The van der Waals surface area contributed by atoms with E-state index in [1.54, 1.807) is 0 Å². The van der Waals surface area contributed by atoms with Gasteiger partial charge in [0.05, 0.1) is 0 Å². The minimum absolute atomic E-state index is 0.573. The summed E-state index contributed by atoms with van der Waals surface area (Å²) in [6, 6.07) is 2.48. The molecule has 0 aliphatic carbocycles. The van der Waals surface area contributed by atoms with E-state index in [9.17, 15) is 0 Å². The summed E-state index contributed by atoms with van der Waals surface area (Å²) in [6.07, 6.45) is 3.28. The van der Waals surface area contributed by atoms with Gasteiger partial charge in [-0.25, -0.2) is 9.97 Å². The van der Waals surface area contributed by atoms with E-state index in [1.165, 1.54) is 12.8 Å². The number of nitrogens with two attached hydrogens (primary N) is 1.